The zero-order chi connectivity index (χ0) is 17.2. The minimum absolute atomic E-state index is 0.543. The lowest BCUT2D eigenvalue weighted by Crippen LogP contribution is -1.91. The lowest BCUT2D eigenvalue weighted by atomic mass is 9.95. The van der Waals surface area contributed by atoms with Gasteiger partial charge >= 0.3 is 0 Å². The molecule has 4 aromatic rings. The van der Waals surface area contributed by atoms with Crippen LogP contribution >= 0.6 is 0 Å². The van der Waals surface area contributed by atoms with E-state index in [1.807, 2.05) is 36.4 Å². The molecule has 3 aromatic carbocycles. The summed E-state index contributed by atoms with van der Waals surface area (Å²) in [6, 6.07) is 24.5. The Hall–Kier alpha value is -3.20. The molecule has 0 fully saturated rings. The number of nitrogens with zero attached hydrogens (tertiary/aromatic N) is 2. The lowest BCUT2D eigenvalue weighted by Gasteiger charge is -2.10. The van der Waals surface area contributed by atoms with Gasteiger partial charge in [0.2, 0.25) is 11.8 Å². The van der Waals surface area contributed by atoms with E-state index in [4.69, 9.17) is 4.42 Å². The Labute approximate surface area is 147 Å². The predicted molar refractivity (Wildman–Crippen MR) is 100 cm³/mol. The van der Waals surface area contributed by atoms with E-state index in [2.05, 4.69) is 60.4 Å². The van der Waals surface area contributed by atoms with Gasteiger partial charge in [-0.1, -0.05) is 60.7 Å². The van der Waals surface area contributed by atoms with Crippen molar-refractivity contribution in [1.82, 2.24) is 10.2 Å². The van der Waals surface area contributed by atoms with Crippen LogP contribution in [0.1, 0.15) is 11.1 Å². The van der Waals surface area contributed by atoms with Gasteiger partial charge in [-0.15, -0.1) is 10.2 Å². The summed E-state index contributed by atoms with van der Waals surface area (Å²) in [5.74, 6) is 1.11. The van der Waals surface area contributed by atoms with Crippen LogP contribution in [0.15, 0.2) is 77.2 Å². The largest absolute Gasteiger partial charge is 0.416 e. The molecule has 25 heavy (non-hydrogen) atoms. The molecule has 1 aromatic heterocycles. The summed E-state index contributed by atoms with van der Waals surface area (Å²) in [6.45, 7) is 4.17. The molecule has 122 valence electrons. The Morgan fingerprint density at radius 1 is 0.600 bits per heavy atom. The quantitative estimate of drug-likeness (QED) is 0.485. The van der Waals surface area contributed by atoms with E-state index in [9.17, 15) is 0 Å². The highest BCUT2D eigenvalue weighted by molar-refractivity contribution is 5.73. The van der Waals surface area contributed by atoms with Crippen LogP contribution in [0.5, 0.6) is 0 Å². The minimum atomic E-state index is 0.543. The van der Waals surface area contributed by atoms with Crippen LogP contribution in [0, 0.1) is 13.8 Å². The topological polar surface area (TPSA) is 38.9 Å². The molecular formula is C22H18N2O. The number of aryl methyl sites for hydroxylation is 2. The van der Waals surface area contributed by atoms with Gasteiger partial charge < -0.3 is 4.42 Å². The maximum absolute atomic E-state index is 5.94. The molecule has 0 aliphatic carbocycles. The minimum Gasteiger partial charge on any atom is -0.416 e. The van der Waals surface area contributed by atoms with Crippen molar-refractivity contribution in [3.63, 3.8) is 0 Å². The Bertz CT molecular complexity index is 982. The second kappa shape index (κ2) is 6.36. The zero-order valence-electron chi connectivity index (χ0n) is 14.2. The van der Waals surface area contributed by atoms with E-state index >= 15 is 0 Å². The fraction of sp³-hybridized carbons (Fsp3) is 0.0909. The normalized spacial score (nSPS) is 10.8. The highest BCUT2D eigenvalue weighted by Gasteiger charge is 2.15. The van der Waals surface area contributed by atoms with Crippen molar-refractivity contribution in [3.05, 3.63) is 83.9 Å². The average molecular weight is 326 g/mol. The summed E-state index contributed by atoms with van der Waals surface area (Å²) in [6.07, 6.45) is 0. The first-order valence-corrected chi connectivity index (χ1v) is 8.28. The molecule has 0 atom stereocenters. The average Bonchev–Trinajstić information content (AvgIpc) is 3.12. The molecule has 0 aliphatic rings. The Morgan fingerprint density at radius 2 is 1.12 bits per heavy atom. The first kappa shape index (κ1) is 15.3. The molecule has 3 nitrogen and oxygen atoms in total. The molecule has 0 radical (unpaired) electrons. The van der Waals surface area contributed by atoms with Crippen molar-refractivity contribution < 1.29 is 4.42 Å². The van der Waals surface area contributed by atoms with Crippen LogP contribution in [-0.4, -0.2) is 10.2 Å². The molecule has 0 amide bonds. The standard InChI is InChI=1S/C22H18N2O/c1-15-13-19(17-9-5-3-6-10-17)14-16(2)20(15)22-24-23-21(25-22)18-11-7-4-8-12-18/h3-14H,1-2H3. The number of hydrogen-bond donors (Lipinski definition) is 0. The van der Waals surface area contributed by atoms with Gasteiger partial charge in [-0.2, -0.15) is 0 Å². The van der Waals surface area contributed by atoms with Gasteiger partial charge in [-0.05, 0) is 48.2 Å². The third-order valence-electron chi connectivity index (χ3n) is 4.30. The molecule has 3 heteroatoms. The fourth-order valence-corrected chi connectivity index (χ4v) is 3.12. The van der Waals surface area contributed by atoms with E-state index < -0.39 is 0 Å². The molecule has 0 unspecified atom stereocenters. The van der Waals surface area contributed by atoms with Crippen LogP contribution in [0.3, 0.4) is 0 Å². The fourth-order valence-electron chi connectivity index (χ4n) is 3.12. The smallest absolute Gasteiger partial charge is 0.248 e. The van der Waals surface area contributed by atoms with E-state index in [0.29, 0.717) is 11.8 Å². The summed E-state index contributed by atoms with van der Waals surface area (Å²) in [5, 5.41) is 8.48. The molecule has 4 rings (SSSR count). The summed E-state index contributed by atoms with van der Waals surface area (Å²) in [7, 11) is 0. The van der Waals surface area contributed by atoms with Crippen LogP contribution < -0.4 is 0 Å². The molecule has 0 spiro atoms. The van der Waals surface area contributed by atoms with Crippen LogP contribution in [0.2, 0.25) is 0 Å². The van der Waals surface area contributed by atoms with Crippen molar-refractivity contribution in [2.75, 3.05) is 0 Å². The van der Waals surface area contributed by atoms with Crippen molar-refractivity contribution >= 4 is 0 Å². The monoisotopic (exact) mass is 326 g/mol. The third kappa shape index (κ3) is 2.96. The van der Waals surface area contributed by atoms with Crippen molar-refractivity contribution in [2.24, 2.45) is 0 Å². The van der Waals surface area contributed by atoms with Crippen molar-refractivity contribution in [1.29, 1.82) is 0 Å². The first-order chi connectivity index (χ1) is 12.2. The lowest BCUT2D eigenvalue weighted by molar-refractivity contribution is 0.583. The summed E-state index contributed by atoms with van der Waals surface area (Å²) in [5.41, 5.74) is 6.59. The summed E-state index contributed by atoms with van der Waals surface area (Å²) < 4.78 is 5.94. The van der Waals surface area contributed by atoms with Gasteiger partial charge in [0.05, 0.1) is 0 Å². The van der Waals surface area contributed by atoms with E-state index in [1.54, 1.807) is 0 Å². The SMILES string of the molecule is Cc1cc(-c2ccccc2)cc(C)c1-c1nnc(-c2ccccc2)o1. The third-order valence-corrected chi connectivity index (χ3v) is 4.30. The number of aromatic nitrogens is 2. The highest BCUT2D eigenvalue weighted by Crippen LogP contribution is 2.32. The first-order valence-electron chi connectivity index (χ1n) is 8.28. The molecule has 0 bridgehead atoms. The molecule has 0 saturated carbocycles. The molecule has 0 saturated heterocycles. The van der Waals surface area contributed by atoms with Crippen molar-refractivity contribution in [2.45, 2.75) is 13.8 Å². The van der Waals surface area contributed by atoms with E-state index in [-0.39, 0.29) is 0 Å². The predicted octanol–water partition coefficient (Wildman–Crippen LogP) is 5.69. The number of rotatable bonds is 3. The van der Waals surface area contributed by atoms with Gasteiger partial charge in [0, 0.05) is 11.1 Å². The summed E-state index contributed by atoms with van der Waals surface area (Å²) >= 11 is 0. The second-order valence-electron chi connectivity index (χ2n) is 6.13. The zero-order valence-corrected chi connectivity index (χ0v) is 14.2. The van der Waals surface area contributed by atoms with Gasteiger partial charge in [0.1, 0.15) is 0 Å². The molecule has 1 heterocycles. The van der Waals surface area contributed by atoms with E-state index in [0.717, 1.165) is 22.3 Å². The van der Waals surface area contributed by atoms with Gasteiger partial charge in [-0.3, -0.25) is 0 Å². The van der Waals surface area contributed by atoms with Crippen LogP contribution in [0.25, 0.3) is 34.0 Å². The summed E-state index contributed by atoms with van der Waals surface area (Å²) in [4.78, 5) is 0. The Balaban J connectivity index is 1.76. The number of benzene rings is 3. The maximum Gasteiger partial charge on any atom is 0.248 e. The van der Waals surface area contributed by atoms with Gasteiger partial charge in [0.25, 0.3) is 0 Å². The van der Waals surface area contributed by atoms with Gasteiger partial charge in [-0.25, -0.2) is 0 Å². The van der Waals surface area contributed by atoms with E-state index in [1.165, 1.54) is 11.1 Å². The van der Waals surface area contributed by atoms with Crippen LogP contribution in [-0.2, 0) is 0 Å². The van der Waals surface area contributed by atoms with Crippen molar-refractivity contribution in [3.8, 4) is 34.0 Å². The van der Waals surface area contributed by atoms with Crippen LogP contribution in [0.4, 0.5) is 0 Å². The molecule has 0 N–H and O–H groups in total. The maximum atomic E-state index is 5.94. The Morgan fingerprint density at radius 3 is 1.72 bits per heavy atom. The molecular weight excluding hydrogens is 308 g/mol. The second-order valence-corrected chi connectivity index (χ2v) is 6.13. The van der Waals surface area contributed by atoms with Gasteiger partial charge in [0.15, 0.2) is 0 Å². The Kier molecular flexibility index (Phi) is 3.90. The highest BCUT2D eigenvalue weighted by atomic mass is 16.4. The molecule has 0 aliphatic heterocycles. The number of hydrogen-bond acceptors (Lipinski definition) is 3.